The Morgan fingerprint density at radius 2 is 1.65 bits per heavy atom. The summed E-state index contributed by atoms with van der Waals surface area (Å²) in [5, 5.41) is 39.1. The highest BCUT2D eigenvalue weighted by molar-refractivity contribution is 5.80. The van der Waals surface area contributed by atoms with Crippen LogP contribution in [-0.2, 0) is 4.79 Å². The maximum absolute atomic E-state index is 15.0. The zero-order valence-electron chi connectivity index (χ0n) is 20.1. The smallest absolute Gasteiger partial charge is 0.333 e. The van der Waals surface area contributed by atoms with Crippen LogP contribution in [0.2, 0.25) is 0 Å². The molecular formula is C26H16FN5O8. The number of nitro groups is 2. The van der Waals surface area contributed by atoms with Crippen LogP contribution < -0.4 is 4.74 Å². The summed E-state index contributed by atoms with van der Waals surface area (Å²) < 4.78 is 26.3. The van der Waals surface area contributed by atoms with Crippen LogP contribution >= 0.6 is 0 Å². The van der Waals surface area contributed by atoms with E-state index in [1.807, 2.05) is 0 Å². The third-order valence-corrected chi connectivity index (χ3v) is 5.87. The molecule has 0 spiro atoms. The van der Waals surface area contributed by atoms with Crippen molar-refractivity contribution in [3.05, 3.63) is 110 Å². The fourth-order valence-electron chi connectivity index (χ4n) is 3.91. The number of aliphatic carboxylic acids is 1. The molecule has 200 valence electrons. The Kier molecular flexibility index (Phi) is 6.80. The van der Waals surface area contributed by atoms with E-state index >= 15 is 4.39 Å². The van der Waals surface area contributed by atoms with Crippen LogP contribution in [0.3, 0.4) is 0 Å². The van der Waals surface area contributed by atoms with Crippen LogP contribution in [-0.4, -0.2) is 33.2 Å². The van der Waals surface area contributed by atoms with Crippen molar-refractivity contribution in [3.63, 3.8) is 0 Å². The van der Waals surface area contributed by atoms with Gasteiger partial charge in [-0.25, -0.2) is 9.18 Å². The molecule has 2 unspecified atom stereocenters. The van der Waals surface area contributed by atoms with E-state index in [9.17, 15) is 30.1 Å². The highest BCUT2D eigenvalue weighted by Gasteiger charge is 2.35. The molecule has 13 nitrogen and oxygen atoms in total. The van der Waals surface area contributed by atoms with Gasteiger partial charge in [-0.05, 0) is 42.5 Å². The van der Waals surface area contributed by atoms with E-state index in [1.54, 1.807) is 12.1 Å². The molecule has 0 amide bonds. The maximum atomic E-state index is 15.0. The third kappa shape index (κ3) is 5.26. The summed E-state index contributed by atoms with van der Waals surface area (Å²) in [6.07, 6.45) is 1.28. The van der Waals surface area contributed by atoms with Crippen molar-refractivity contribution in [2.24, 2.45) is 15.2 Å². The average molecular weight is 545 g/mol. The van der Waals surface area contributed by atoms with Crippen LogP contribution in [0.25, 0.3) is 11.3 Å². The number of fused-ring (bicyclic) bond motifs is 1. The molecule has 5 rings (SSSR count). The average Bonchev–Trinajstić information content (AvgIpc) is 3.41. The zero-order valence-corrected chi connectivity index (χ0v) is 20.1. The highest BCUT2D eigenvalue weighted by atomic mass is 19.1. The minimum Gasteiger partial charge on any atom is -0.480 e. The normalized spacial score (nSPS) is 16.0. The van der Waals surface area contributed by atoms with Crippen LogP contribution in [0.1, 0.15) is 17.4 Å². The van der Waals surface area contributed by atoms with Gasteiger partial charge in [-0.1, -0.05) is 0 Å². The quantitative estimate of drug-likeness (QED) is 0.150. The van der Waals surface area contributed by atoms with Gasteiger partial charge in [0.05, 0.1) is 21.7 Å². The summed E-state index contributed by atoms with van der Waals surface area (Å²) in [6, 6.07) is 13.6. The second kappa shape index (κ2) is 10.5. The van der Waals surface area contributed by atoms with Crippen molar-refractivity contribution < 1.29 is 33.3 Å². The molecule has 0 aliphatic carbocycles. The zero-order chi connectivity index (χ0) is 28.4. The summed E-state index contributed by atoms with van der Waals surface area (Å²) >= 11 is 0. The monoisotopic (exact) mass is 545 g/mol. The number of benzene rings is 3. The molecule has 14 heteroatoms. The van der Waals surface area contributed by atoms with Crippen LogP contribution in [0.15, 0.2) is 92.4 Å². The van der Waals surface area contributed by atoms with Crippen LogP contribution in [0.4, 0.5) is 21.5 Å². The lowest BCUT2D eigenvalue weighted by Crippen LogP contribution is -2.27. The summed E-state index contributed by atoms with van der Waals surface area (Å²) in [5.41, 5.74) is 0.616. The van der Waals surface area contributed by atoms with E-state index in [2.05, 4.69) is 15.2 Å². The molecule has 3 aromatic carbocycles. The molecule has 0 saturated carbocycles. The molecule has 1 N–H and O–H groups in total. The number of carbonyl (C=O) groups is 1. The van der Waals surface area contributed by atoms with Gasteiger partial charge in [-0.15, -0.1) is 0 Å². The lowest BCUT2D eigenvalue weighted by molar-refractivity contribution is -0.385. The number of aliphatic imine (C=N–C) groups is 1. The fraction of sp³-hybridized carbons (Fsp3) is 0.0769. The van der Waals surface area contributed by atoms with Gasteiger partial charge in [-0.3, -0.25) is 25.2 Å². The molecule has 0 bridgehead atoms. The molecule has 0 saturated heterocycles. The van der Waals surface area contributed by atoms with Gasteiger partial charge in [0.15, 0.2) is 17.6 Å². The highest BCUT2D eigenvalue weighted by Crippen LogP contribution is 2.41. The fourth-order valence-corrected chi connectivity index (χ4v) is 3.91. The van der Waals surface area contributed by atoms with Gasteiger partial charge in [0, 0.05) is 41.5 Å². The van der Waals surface area contributed by atoms with E-state index < -0.39 is 33.7 Å². The Balaban J connectivity index is 1.41. The van der Waals surface area contributed by atoms with Gasteiger partial charge in [0.2, 0.25) is 0 Å². The van der Waals surface area contributed by atoms with E-state index in [0.29, 0.717) is 11.3 Å². The summed E-state index contributed by atoms with van der Waals surface area (Å²) in [6.45, 7) is 0. The molecule has 1 aliphatic heterocycles. The predicted octanol–water partition coefficient (Wildman–Crippen LogP) is 6.41. The van der Waals surface area contributed by atoms with Crippen molar-refractivity contribution in [2.75, 3.05) is 0 Å². The van der Waals surface area contributed by atoms with Crippen molar-refractivity contribution in [1.29, 1.82) is 0 Å². The van der Waals surface area contributed by atoms with Gasteiger partial charge >= 0.3 is 5.97 Å². The number of azo groups is 1. The number of carboxylic acids is 1. The molecule has 4 aromatic rings. The van der Waals surface area contributed by atoms with E-state index in [1.165, 1.54) is 60.8 Å². The van der Waals surface area contributed by atoms with Gasteiger partial charge in [0.25, 0.3) is 11.4 Å². The predicted molar refractivity (Wildman–Crippen MR) is 137 cm³/mol. The first-order valence-electron chi connectivity index (χ1n) is 11.5. The largest absolute Gasteiger partial charge is 0.480 e. The third-order valence-electron chi connectivity index (χ3n) is 5.87. The summed E-state index contributed by atoms with van der Waals surface area (Å²) in [4.78, 5) is 36.8. The van der Waals surface area contributed by atoms with Crippen LogP contribution in [0, 0.1) is 26.0 Å². The molecule has 40 heavy (non-hydrogen) atoms. The first-order valence-corrected chi connectivity index (χ1v) is 11.5. The van der Waals surface area contributed by atoms with Gasteiger partial charge in [0.1, 0.15) is 23.3 Å². The molecule has 0 fully saturated rings. The number of furan rings is 1. The standard InChI is InChI=1S/C26H16FN5O8/c27-20-11-19-21(12-23(20)39-17-7-5-16(6-8-17)32(37)38)29-30-25(26(33)34)24(19)28-13-18-9-10-22(40-18)14-1-3-15(4-2-14)31(35)36/h1-13,24-25H,(H,33,34). The Labute approximate surface area is 223 Å². The number of ether oxygens (including phenoxy) is 1. The lowest BCUT2D eigenvalue weighted by atomic mass is 9.97. The van der Waals surface area contributed by atoms with Gasteiger partial charge in [-0.2, -0.15) is 10.2 Å². The Bertz CT molecular complexity index is 1680. The number of carboxylic acid groups (broad SMARTS) is 1. The van der Waals surface area contributed by atoms with Crippen molar-refractivity contribution in [2.45, 2.75) is 12.1 Å². The minimum absolute atomic E-state index is 0.0736. The van der Waals surface area contributed by atoms with Crippen molar-refractivity contribution in [3.8, 4) is 22.8 Å². The summed E-state index contributed by atoms with van der Waals surface area (Å²) in [5.74, 6) is -1.63. The number of rotatable bonds is 8. The number of nitrogens with zero attached hydrogens (tertiary/aromatic N) is 5. The molecule has 2 heterocycles. The van der Waals surface area contributed by atoms with Crippen molar-refractivity contribution >= 4 is 29.2 Å². The SMILES string of the molecule is O=C(O)C1N=Nc2cc(Oc3ccc([N+](=O)[O-])cc3)c(F)cc2C1N=Cc1ccc(-c2ccc([N+](=O)[O-])cc2)o1. The second-order valence-corrected chi connectivity index (χ2v) is 8.42. The van der Waals surface area contributed by atoms with E-state index in [0.717, 1.165) is 6.07 Å². The molecular weight excluding hydrogens is 529 g/mol. The number of hydrogen-bond acceptors (Lipinski definition) is 10. The van der Waals surface area contributed by atoms with Crippen LogP contribution in [0.5, 0.6) is 11.5 Å². The topological polar surface area (TPSA) is 183 Å². The number of hydrogen-bond donors (Lipinski definition) is 1. The molecule has 1 aliphatic rings. The minimum atomic E-state index is -1.44. The summed E-state index contributed by atoms with van der Waals surface area (Å²) in [7, 11) is 0. The Morgan fingerprint density at radius 1 is 1.00 bits per heavy atom. The number of nitro benzene ring substituents is 2. The second-order valence-electron chi connectivity index (χ2n) is 8.42. The van der Waals surface area contributed by atoms with E-state index in [-0.39, 0.29) is 39.9 Å². The number of non-ortho nitro benzene ring substituents is 2. The van der Waals surface area contributed by atoms with Gasteiger partial charge < -0.3 is 14.3 Å². The first-order chi connectivity index (χ1) is 19.2. The maximum Gasteiger partial charge on any atom is 0.333 e. The first kappa shape index (κ1) is 25.8. The van der Waals surface area contributed by atoms with E-state index in [4.69, 9.17) is 9.15 Å². The Hall–Kier alpha value is -5.79. The molecule has 2 atom stereocenters. The number of halogens is 1. The lowest BCUT2D eigenvalue weighted by Gasteiger charge is -2.22. The van der Waals surface area contributed by atoms with Crippen molar-refractivity contribution in [1.82, 2.24) is 0 Å². The molecule has 1 aromatic heterocycles. The molecule has 0 radical (unpaired) electrons. The Morgan fingerprint density at radius 3 is 2.27 bits per heavy atom.